The van der Waals surface area contributed by atoms with E-state index in [1.807, 2.05) is 4.90 Å². The van der Waals surface area contributed by atoms with Gasteiger partial charge < -0.3 is 15.1 Å². The van der Waals surface area contributed by atoms with Crippen LogP contribution in [0.3, 0.4) is 0 Å². The van der Waals surface area contributed by atoms with Crippen molar-refractivity contribution in [2.75, 3.05) is 37.6 Å². The minimum atomic E-state index is -0.402. The molecule has 1 N–H and O–H groups in total. The van der Waals surface area contributed by atoms with Crippen molar-refractivity contribution in [3.8, 4) is 0 Å². The second kappa shape index (κ2) is 6.85. The number of nitrogens with zero attached hydrogens (tertiary/aromatic N) is 3. The summed E-state index contributed by atoms with van der Waals surface area (Å²) >= 11 is 0. The van der Waals surface area contributed by atoms with E-state index < -0.39 is 4.92 Å². The van der Waals surface area contributed by atoms with E-state index in [1.165, 1.54) is 12.1 Å². The second-order valence-corrected chi connectivity index (χ2v) is 6.97. The zero-order valence-corrected chi connectivity index (χ0v) is 13.9. The lowest BCUT2D eigenvalue weighted by molar-refractivity contribution is -0.384. The van der Waals surface area contributed by atoms with E-state index in [1.54, 1.807) is 12.1 Å². The van der Waals surface area contributed by atoms with Gasteiger partial charge in [-0.25, -0.2) is 4.79 Å². The van der Waals surface area contributed by atoms with E-state index >= 15 is 0 Å². The number of benzene rings is 1. The van der Waals surface area contributed by atoms with E-state index in [4.69, 9.17) is 0 Å². The Bertz CT molecular complexity index is 558. The van der Waals surface area contributed by atoms with Crippen molar-refractivity contribution in [3.05, 3.63) is 34.4 Å². The molecule has 0 spiro atoms. The highest BCUT2D eigenvalue weighted by molar-refractivity contribution is 5.74. The minimum absolute atomic E-state index is 0.0247. The molecular weight excluding hydrogens is 296 g/mol. The molecular formula is C16H24N4O3. The number of hydrogen-bond acceptors (Lipinski definition) is 4. The van der Waals surface area contributed by atoms with Gasteiger partial charge in [-0.2, -0.15) is 0 Å². The number of non-ortho nitro benzene ring substituents is 1. The monoisotopic (exact) mass is 320 g/mol. The molecule has 7 nitrogen and oxygen atoms in total. The summed E-state index contributed by atoms with van der Waals surface area (Å²) in [6.07, 6.45) is 0. The van der Waals surface area contributed by atoms with Gasteiger partial charge in [-0.05, 0) is 17.5 Å². The fraction of sp³-hybridized carbons (Fsp3) is 0.562. The van der Waals surface area contributed by atoms with Crippen molar-refractivity contribution < 1.29 is 9.72 Å². The Balaban J connectivity index is 1.86. The van der Waals surface area contributed by atoms with Crippen LogP contribution in [0.2, 0.25) is 0 Å². The highest BCUT2D eigenvalue weighted by atomic mass is 16.6. The number of nitro benzene ring substituents is 1. The standard InChI is InChI=1S/C16H24N4O3/c1-16(2,3)12-17-15(21)19-10-8-18(9-11-19)13-4-6-14(7-5-13)20(22)23/h4-7H,8-12H2,1-3H3,(H,17,21). The van der Waals surface area contributed by atoms with Crippen molar-refractivity contribution in [2.45, 2.75) is 20.8 Å². The topological polar surface area (TPSA) is 78.7 Å². The van der Waals surface area contributed by atoms with Crippen molar-refractivity contribution in [1.29, 1.82) is 0 Å². The number of urea groups is 1. The van der Waals surface area contributed by atoms with E-state index in [9.17, 15) is 14.9 Å². The molecule has 1 aromatic rings. The van der Waals surface area contributed by atoms with Crippen LogP contribution in [-0.4, -0.2) is 48.6 Å². The number of amides is 2. The molecule has 1 aliphatic heterocycles. The number of carbonyl (C=O) groups is 1. The summed E-state index contributed by atoms with van der Waals surface area (Å²) in [5.41, 5.74) is 1.11. The van der Waals surface area contributed by atoms with E-state index in [0.717, 1.165) is 18.8 Å². The van der Waals surface area contributed by atoms with E-state index in [0.29, 0.717) is 19.6 Å². The maximum Gasteiger partial charge on any atom is 0.317 e. The summed E-state index contributed by atoms with van der Waals surface area (Å²) in [7, 11) is 0. The van der Waals surface area contributed by atoms with Crippen LogP contribution in [0.5, 0.6) is 0 Å². The summed E-state index contributed by atoms with van der Waals surface area (Å²) in [5, 5.41) is 13.6. The van der Waals surface area contributed by atoms with Gasteiger partial charge in [0.05, 0.1) is 4.92 Å². The molecule has 0 atom stereocenters. The van der Waals surface area contributed by atoms with Crippen molar-refractivity contribution in [3.63, 3.8) is 0 Å². The Morgan fingerprint density at radius 3 is 2.22 bits per heavy atom. The van der Waals surface area contributed by atoms with Gasteiger partial charge in [0, 0.05) is 50.5 Å². The fourth-order valence-corrected chi connectivity index (χ4v) is 2.41. The van der Waals surface area contributed by atoms with Gasteiger partial charge >= 0.3 is 6.03 Å². The summed E-state index contributed by atoms with van der Waals surface area (Å²) < 4.78 is 0. The number of carbonyl (C=O) groups excluding carboxylic acids is 1. The van der Waals surface area contributed by atoms with Crippen molar-refractivity contribution in [1.82, 2.24) is 10.2 Å². The molecule has 23 heavy (non-hydrogen) atoms. The smallest absolute Gasteiger partial charge is 0.317 e. The Kier molecular flexibility index (Phi) is 5.08. The van der Waals surface area contributed by atoms with Gasteiger partial charge in [0.25, 0.3) is 5.69 Å². The summed E-state index contributed by atoms with van der Waals surface area (Å²) in [6, 6.07) is 6.51. The molecule has 0 radical (unpaired) electrons. The van der Waals surface area contributed by atoms with E-state index in [2.05, 4.69) is 31.0 Å². The highest BCUT2D eigenvalue weighted by Gasteiger charge is 2.22. The minimum Gasteiger partial charge on any atom is -0.368 e. The molecule has 0 unspecified atom stereocenters. The van der Waals surface area contributed by atoms with Crippen LogP contribution < -0.4 is 10.2 Å². The third-order valence-corrected chi connectivity index (χ3v) is 3.76. The maximum atomic E-state index is 12.1. The van der Waals surface area contributed by atoms with Crippen molar-refractivity contribution >= 4 is 17.4 Å². The SMILES string of the molecule is CC(C)(C)CNC(=O)N1CCN(c2ccc([N+](=O)[O-])cc2)CC1. The van der Waals surface area contributed by atoms with Crippen molar-refractivity contribution in [2.24, 2.45) is 5.41 Å². The van der Waals surface area contributed by atoms with Crippen LogP contribution in [0.25, 0.3) is 0 Å². The molecule has 0 bridgehead atoms. The molecule has 1 aliphatic rings. The number of hydrogen-bond donors (Lipinski definition) is 1. The van der Waals surface area contributed by atoms with Gasteiger partial charge in [-0.1, -0.05) is 20.8 Å². The number of rotatable bonds is 3. The third kappa shape index (κ3) is 4.84. The Morgan fingerprint density at radius 2 is 1.74 bits per heavy atom. The average molecular weight is 320 g/mol. The first-order valence-corrected chi connectivity index (χ1v) is 7.78. The average Bonchev–Trinajstić information content (AvgIpc) is 2.52. The molecule has 0 aliphatic carbocycles. The molecule has 7 heteroatoms. The molecule has 1 fully saturated rings. The number of nitrogens with one attached hydrogen (secondary N) is 1. The Morgan fingerprint density at radius 1 is 1.17 bits per heavy atom. The molecule has 0 aromatic heterocycles. The van der Waals surface area contributed by atoms with Crippen LogP contribution in [0, 0.1) is 15.5 Å². The maximum absolute atomic E-state index is 12.1. The molecule has 1 heterocycles. The van der Waals surface area contributed by atoms with Crippen LogP contribution >= 0.6 is 0 Å². The Labute approximate surface area is 136 Å². The fourth-order valence-electron chi connectivity index (χ4n) is 2.41. The largest absolute Gasteiger partial charge is 0.368 e. The first-order chi connectivity index (χ1) is 10.8. The number of piperazine rings is 1. The summed E-state index contributed by atoms with van der Waals surface area (Å²) in [5.74, 6) is 0. The molecule has 126 valence electrons. The lowest BCUT2D eigenvalue weighted by Crippen LogP contribution is -2.52. The molecule has 1 saturated heterocycles. The summed E-state index contributed by atoms with van der Waals surface area (Å²) in [6.45, 7) is 9.63. The Hall–Kier alpha value is -2.31. The molecule has 0 saturated carbocycles. The van der Waals surface area contributed by atoms with Gasteiger partial charge in [-0.3, -0.25) is 10.1 Å². The summed E-state index contributed by atoms with van der Waals surface area (Å²) in [4.78, 5) is 26.4. The molecule has 1 aromatic carbocycles. The lowest BCUT2D eigenvalue weighted by atomic mass is 9.97. The molecule has 2 amide bonds. The predicted molar refractivity (Wildman–Crippen MR) is 89.7 cm³/mol. The third-order valence-electron chi connectivity index (χ3n) is 3.76. The van der Waals surface area contributed by atoms with Gasteiger partial charge in [0.1, 0.15) is 0 Å². The molecule has 2 rings (SSSR count). The van der Waals surface area contributed by atoms with E-state index in [-0.39, 0.29) is 17.1 Å². The van der Waals surface area contributed by atoms with Crippen LogP contribution in [0.4, 0.5) is 16.2 Å². The zero-order valence-electron chi connectivity index (χ0n) is 13.9. The quantitative estimate of drug-likeness (QED) is 0.685. The van der Waals surface area contributed by atoms with Gasteiger partial charge in [-0.15, -0.1) is 0 Å². The van der Waals surface area contributed by atoms with Crippen LogP contribution in [0.15, 0.2) is 24.3 Å². The van der Waals surface area contributed by atoms with Gasteiger partial charge in [0.15, 0.2) is 0 Å². The first-order valence-electron chi connectivity index (χ1n) is 7.78. The first kappa shape index (κ1) is 17.1. The zero-order chi connectivity index (χ0) is 17.0. The van der Waals surface area contributed by atoms with Crippen LogP contribution in [0.1, 0.15) is 20.8 Å². The van der Waals surface area contributed by atoms with Gasteiger partial charge in [0.2, 0.25) is 0 Å². The number of nitro groups is 1. The highest BCUT2D eigenvalue weighted by Crippen LogP contribution is 2.20. The second-order valence-electron chi connectivity index (χ2n) is 6.97. The predicted octanol–water partition coefficient (Wildman–Crippen LogP) is 2.47. The number of anilines is 1. The normalized spacial score (nSPS) is 15.4. The lowest BCUT2D eigenvalue weighted by Gasteiger charge is -2.36. The van der Waals surface area contributed by atoms with Crippen LogP contribution in [-0.2, 0) is 0 Å².